The number of amides is 2. The van der Waals surface area contributed by atoms with Gasteiger partial charge in [-0.15, -0.1) is 0 Å². The Kier molecular flexibility index (Phi) is 7.20. The molecule has 0 unspecified atom stereocenters. The number of H-pyrrole nitrogens is 1. The van der Waals surface area contributed by atoms with Crippen molar-refractivity contribution < 1.29 is 9.59 Å². The van der Waals surface area contributed by atoms with E-state index in [4.69, 9.17) is 11.6 Å². The fraction of sp³-hybridized carbons (Fsp3) is 0.259. The fourth-order valence-electron chi connectivity index (χ4n) is 4.26. The second-order valence-electron chi connectivity index (χ2n) is 8.27. The summed E-state index contributed by atoms with van der Waals surface area (Å²) in [6, 6.07) is 13.4. The lowest BCUT2D eigenvalue weighted by molar-refractivity contribution is -0.110. The molecule has 2 heterocycles. The van der Waals surface area contributed by atoms with Crippen molar-refractivity contribution in [1.29, 1.82) is 0 Å². The lowest BCUT2D eigenvalue weighted by atomic mass is 9.94. The number of aromatic amines is 1. The summed E-state index contributed by atoms with van der Waals surface area (Å²) in [5.74, 6) is -0.292. The monoisotopic (exact) mass is 476 g/mol. The number of likely N-dealkylation sites (N-methyl/N-ethyl adjacent to an activating group) is 1. The van der Waals surface area contributed by atoms with Gasteiger partial charge in [-0.3, -0.25) is 9.59 Å². The zero-order chi connectivity index (χ0) is 24.2. The molecule has 3 aromatic rings. The summed E-state index contributed by atoms with van der Waals surface area (Å²) < 4.78 is 0. The summed E-state index contributed by atoms with van der Waals surface area (Å²) in [6.45, 7) is 9.41. The van der Waals surface area contributed by atoms with Crippen molar-refractivity contribution in [1.82, 2.24) is 15.2 Å². The van der Waals surface area contributed by atoms with Gasteiger partial charge in [0, 0.05) is 41.3 Å². The second-order valence-corrected chi connectivity index (χ2v) is 8.71. The van der Waals surface area contributed by atoms with E-state index in [0.29, 0.717) is 22.7 Å². The fourth-order valence-corrected chi connectivity index (χ4v) is 4.39. The lowest BCUT2D eigenvalue weighted by Crippen LogP contribution is -2.34. The van der Waals surface area contributed by atoms with Gasteiger partial charge in [-0.05, 0) is 61.0 Å². The van der Waals surface area contributed by atoms with Crippen molar-refractivity contribution in [2.45, 2.75) is 20.8 Å². The van der Waals surface area contributed by atoms with Crippen LogP contribution in [0.3, 0.4) is 0 Å². The summed E-state index contributed by atoms with van der Waals surface area (Å²) in [6.07, 6.45) is 3.52. The molecule has 0 radical (unpaired) electrons. The number of carbonyl (C=O) groups excluding carboxylic acids is 2. The first kappa shape index (κ1) is 23.8. The average Bonchev–Trinajstić information content (AvgIpc) is 3.36. The van der Waals surface area contributed by atoms with Gasteiger partial charge in [-0.25, -0.2) is 0 Å². The SMILES string of the molecule is CCN(CC)CCNC(=O)c1c[nH]c(/C=C2\C(=O)Nc3cccc(-c4ccc(Cl)cc4)c32)c1C. The van der Waals surface area contributed by atoms with Gasteiger partial charge in [0.15, 0.2) is 0 Å². The Hall–Kier alpha value is -3.35. The summed E-state index contributed by atoms with van der Waals surface area (Å²) in [4.78, 5) is 31.1. The average molecular weight is 477 g/mol. The molecule has 176 valence electrons. The predicted octanol–water partition coefficient (Wildman–Crippen LogP) is 5.21. The maximum atomic E-state index is 12.9. The van der Waals surface area contributed by atoms with Gasteiger partial charge in [0.1, 0.15) is 0 Å². The quantitative estimate of drug-likeness (QED) is 0.391. The highest BCUT2D eigenvalue weighted by Crippen LogP contribution is 2.40. The van der Waals surface area contributed by atoms with Gasteiger partial charge >= 0.3 is 0 Å². The van der Waals surface area contributed by atoms with Crippen molar-refractivity contribution in [2.24, 2.45) is 0 Å². The number of rotatable bonds is 8. The van der Waals surface area contributed by atoms with E-state index < -0.39 is 0 Å². The molecule has 0 bridgehead atoms. The number of hydrogen-bond donors (Lipinski definition) is 3. The smallest absolute Gasteiger partial charge is 0.256 e. The third-order valence-corrected chi connectivity index (χ3v) is 6.56. The topological polar surface area (TPSA) is 77.2 Å². The number of carbonyl (C=O) groups is 2. The molecule has 4 rings (SSSR count). The molecule has 0 saturated carbocycles. The Labute approximate surface area is 205 Å². The van der Waals surface area contributed by atoms with E-state index in [0.717, 1.165) is 53.3 Å². The van der Waals surface area contributed by atoms with E-state index in [1.54, 1.807) is 6.20 Å². The first-order valence-corrected chi connectivity index (χ1v) is 11.9. The van der Waals surface area contributed by atoms with E-state index in [2.05, 4.69) is 34.4 Å². The van der Waals surface area contributed by atoms with E-state index in [-0.39, 0.29) is 11.8 Å². The van der Waals surface area contributed by atoms with Gasteiger partial charge in [-0.2, -0.15) is 0 Å². The first-order chi connectivity index (χ1) is 16.4. The lowest BCUT2D eigenvalue weighted by Gasteiger charge is -2.17. The number of fused-ring (bicyclic) bond motifs is 1. The minimum absolute atomic E-state index is 0.122. The molecule has 2 amide bonds. The van der Waals surface area contributed by atoms with E-state index >= 15 is 0 Å². The van der Waals surface area contributed by atoms with Gasteiger partial charge in [-0.1, -0.05) is 49.7 Å². The molecule has 7 heteroatoms. The van der Waals surface area contributed by atoms with Gasteiger partial charge < -0.3 is 20.5 Å². The van der Waals surface area contributed by atoms with Crippen LogP contribution in [0.2, 0.25) is 5.02 Å². The molecular formula is C27H29ClN4O2. The predicted molar refractivity (Wildman–Crippen MR) is 139 cm³/mol. The van der Waals surface area contributed by atoms with Crippen LogP contribution in [0.1, 0.15) is 41.0 Å². The first-order valence-electron chi connectivity index (χ1n) is 11.5. The summed E-state index contributed by atoms with van der Waals surface area (Å²) >= 11 is 6.07. The standard InChI is InChI=1S/C27H29ClN4O2/c1-4-32(5-2)14-13-29-26(33)22-16-30-24(17(22)3)15-21-25-20(18-9-11-19(28)12-10-18)7-6-8-23(25)31-27(21)34/h6-12,15-16,30H,4-5,13-14H2,1-3H3,(H,29,33)(H,31,34)/b21-15-. The highest BCUT2D eigenvalue weighted by Gasteiger charge is 2.28. The molecule has 1 aliphatic rings. The summed E-state index contributed by atoms with van der Waals surface area (Å²) in [5, 5.41) is 6.61. The number of halogens is 1. The molecule has 1 aliphatic heterocycles. The molecular weight excluding hydrogens is 448 g/mol. The third-order valence-electron chi connectivity index (χ3n) is 6.30. The van der Waals surface area contributed by atoms with E-state index in [9.17, 15) is 9.59 Å². The van der Waals surface area contributed by atoms with Crippen LogP contribution in [0, 0.1) is 6.92 Å². The van der Waals surface area contributed by atoms with Crippen molar-refractivity contribution in [3.8, 4) is 11.1 Å². The number of benzene rings is 2. The molecule has 1 aromatic heterocycles. The van der Waals surface area contributed by atoms with Crippen LogP contribution in [-0.2, 0) is 4.79 Å². The largest absolute Gasteiger partial charge is 0.361 e. The third kappa shape index (κ3) is 4.79. The molecule has 2 aromatic carbocycles. The molecule has 0 spiro atoms. The van der Waals surface area contributed by atoms with Crippen LogP contribution in [-0.4, -0.2) is 47.9 Å². The number of aromatic nitrogens is 1. The van der Waals surface area contributed by atoms with Crippen LogP contribution in [0.15, 0.2) is 48.7 Å². The normalized spacial score (nSPS) is 13.9. The van der Waals surface area contributed by atoms with E-state index in [1.807, 2.05) is 55.5 Å². The Morgan fingerprint density at radius 1 is 1.12 bits per heavy atom. The number of nitrogens with one attached hydrogen (secondary N) is 3. The second kappa shape index (κ2) is 10.3. The molecule has 0 fully saturated rings. The van der Waals surface area contributed by atoms with Crippen LogP contribution in [0.5, 0.6) is 0 Å². The minimum atomic E-state index is -0.171. The minimum Gasteiger partial charge on any atom is -0.361 e. The molecule has 0 atom stereocenters. The van der Waals surface area contributed by atoms with Gasteiger partial charge in [0.05, 0.1) is 11.1 Å². The van der Waals surface area contributed by atoms with Crippen molar-refractivity contribution in [3.05, 3.63) is 76.1 Å². The van der Waals surface area contributed by atoms with Crippen LogP contribution < -0.4 is 10.6 Å². The molecule has 3 N–H and O–H groups in total. The zero-order valence-electron chi connectivity index (χ0n) is 19.7. The van der Waals surface area contributed by atoms with Gasteiger partial charge in [0.2, 0.25) is 0 Å². The number of hydrogen-bond acceptors (Lipinski definition) is 3. The van der Waals surface area contributed by atoms with Crippen LogP contribution >= 0.6 is 11.6 Å². The summed E-state index contributed by atoms with van der Waals surface area (Å²) in [7, 11) is 0. The highest BCUT2D eigenvalue weighted by molar-refractivity contribution is 6.36. The van der Waals surface area contributed by atoms with Crippen LogP contribution in [0.25, 0.3) is 22.8 Å². The van der Waals surface area contributed by atoms with Crippen LogP contribution in [0.4, 0.5) is 5.69 Å². The number of nitrogens with zero attached hydrogens (tertiary/aromatic N) is 1. The maximum absolute atomic E-state index is 12.9. The Morgan fingerprint density at radius 2 is 1.85 bits per heavy atom. The molecule has 6 nitrogen and oxygen atoms in total. The van der Waals surface area contributed by atoms with Crippen molar-refractivity contribution in [2.75, 3.05) is 31.5 Å². The van der Waals surface area contributed by atoms with E-state index in [1.165, 1.54) is 0 Å². The van der Waals surface area contributed by atoms with Gasteiger partial charge in [0.25, 0.3) is 11.8 Å². The number of anilines is 1. The Morgan fingerprint density at radius 3 is 2.56 bits per heavy atom. The molecule has 0 saturated heterocycles. The Balaban J connectivity index is 1.62. The van der Waals surface area contributed by atoms with Crippen molar-refractivity contribution in [3.63, 3.8) is 0 Å². The Bertz CT molecular complexity index is 1240. The highest BCUT2D eigenvalue weighted by atomic mass is 35.5. The molecule has 0 aliphatic carbocycles. The summed E-state index contributed by atoms with van der Waals surface area (Å²) in [5.41, 5.74) is 6.19. The maximum Gasteiger partial charge on any atom is 0.256 e. The van der Waals surface area contributed by atoms with Crippen molar-refractivity contribution >= 4 is 40.8 Å². The zero-order valence-corrected chi connectivity index (χ0v) is 20.4. The molecule has 34 heavy (non-hydrogen) atoms.